The second-order valence-corrected chi connectivity index (χ2v) is 11.9. The molecule has 8 aromatic rings. The topological polar surface area (TPSA) is 17.8 Å². The molecule has 0 atom stereocenters. The Hall–Kier alpha value is -5.73. The number of allylic oxidation sites excluding steroid dienone is 4. The molecule has 0 amide bonds. The molecule has 0 aliphatic heterocycles. The smallest absolute Gasteiger partial charge is 0.145 e. The molecule has 0 radical (unpaired) electrons. The second kappa shape index (κ2) is 10.5. The molecule has 7 aromatic carbocycles. The van der Waals surface area contributed by atoms with E-state index in [4.69, 9.17) is 4.98 Å². The van der Waals surface area contributed by atoms with Crippen LogP contribution in [0.15, 0.2) is 158 Å². The molecule has 1 aliphatic carbocycles. The first-order valence-electron chi connectivity index (χ1n) is 15.7. The molecule has 0 spiro atoms. The van der Waals surface area contributed by atoms with Crippen LogP contribution >= 0.6 is 0 Å². The van der Waals surface area contributed by atoms with Crippen LogP contribution in [0, 0.1) is 0 Å². The van der Waals surface area contributed by atoms with Gasteiger partial charge in [-0.2, -0.15) is 0 Å². The molecule has 1 aromatic heterocycles. The van der Waals surface area contributed by atoms with Gasteiger partial charge in [-0.1, -0.05) is 133 Å². The van der Waals surface area contributed by atoms with Crippen LogP contribution in [0.5, 0.6) is 0 Å². The normalized spacial score (nSPS) is 13.4. The quantitative estimate of drug-likeness (QED) is 0.191. The molecule has 212 valence electrons. The standard InChI is InChI=1S/C43H30N2/c1-2-13-31(14-3-1)43-44-39-20-10-11-21-40(39)45(43)34-26-24-30(25-27-34)41-35-16-6-8-18-37(35)42(38-19-9-7-17-36(38)41)33-23-22-29-12-4-5-15-32(29)28-33/h1-24,26,28H,25,27H2. The molecule has 0 fully saturated rings. The number of rotatable bonds is 4. The van der Waals surface area contributed by atoms with Crippen LogP contribution in [0.1, 0.15) is 18.4 Å². The lowest BCUT2D eigenvalue weighted by Gasteiger charge is -2.22. The summed E-state index contributed by atoms with van der Waals surface area (Å²) in [6, 6.07) is 52.4. The van der Waals surface area contributed by atoms with Crippen molar-refractivity contribution in [3.8, 4) is 22.5 Å². The lowest BCUT2D eigenvalue weighted by atomic mass is 9.83. The van der Waals surface area contributed by atoms with Crippen molar-refractivity contribution in [2.45, 2.75) is 12.8 Å². The first-order chi connectivity index (χ1) is 22.3. The zero-order valence-corrected chi connectivity index (χ0v) is 24.8. The van der Waals surface area contributed by atoms with Gasteiger partial charge in [-0.3, -0.25) is 4.57 Å². The minimum atomic E-state index is 0.932. The highest BCUT2D eigenvalue weighted by Crippen LogP contribution is 2.45. The Morgan fingerprint density at radius 1 is 0.467 bits per heavy atom. The summed E-state index contributed by atoms with van der Waals surface area (Å²) in [6.45, 7) is 0. The van der Waals surface area contributed by atoms with Gasteiger partial charge >= 0.3 is 0 Å². The molecule has 0 saturated heterocycles. The van der Waals surface area contributed by atoms with E-state index in [2.05, 4.69) is 162 Å². The predicted molar refractivity (Wildman–Crippen MR) is 191 cm³/mol. The average Bonchev–Trinajstić information content (AvgIpc) is 3.51. The maximum absolute atomic E-state index is 5.08. The van der Waals surface area contributed by atoms with Gasteiger partial charge in [-0.25, -0.2) is 4.98 Å². The number of imidazole rings is 1. The van der Waals surface area contributed by atoms with Crippen LogP contribution in [0.25, 0.3) is 77.1 Å². The Balaban J connectivity index is 1.24. The van der Waals surface area contributed by atoms with E-state index in [9.17, 15) is 0 Å². The number of benzene rings is 7. The van der Waals surface area contributed by atoms with E-state index >= 15 is 0 Å². The number of para-hydroxylation sites is 2. The van der Waals surface area contributed by atoms with Crippen molar-refractivity contribution in [3.63, 3.8) is 0 Å². The highest BCUT2D eigenvalue weighted by atomic mass is 15.1. The Bertz CT molecular complexity index is 2420. The van der Waals surface area contributed by atoms with Gasteiger partial charge < -0.3 is 0 Å². The summed E-state index contributed by atoms with van der Waals surface area (Å²) in [4.78, 5) is 5.08. The predicted octanol–water partition coefficient (Wildman–Crippen LogP) is 11.5. The number of hydrogen-bond acceptors (Lipinski definition) is 1. The highest BCUT2D eigenvalue weighted by Gasteiger charge is 2.21. The van der Waals surface area contributed by atoms with E-state index in [0.717, 1.165) is 35.3 Å². The lowest BCUT2D eigenvalue weighted by molar-refractivity contribution is 0.972. The molecule has 0 N–H and O–H groups in total. The summed E-state index contributed by atoms with van der Waals surface area (Å²) in [7, 11) is 0. The number of nitrogens with zero attached hydrogens (tertiary/aromatic N) is 2. The van der Waals surface area contributed by atoms with Gasteiger partial charge in [0.15, 0.2) is 0 Å². The third-order valence-corrected chi connectivity index (χ3v) is 9.30. The average molecular weight is 575 g/mol. The van der Waals surface area contributed by atoms with Gasteiger partial charge in [0.1, 0.15) is 5.82 Å². The van der Waals surface area contributed by atoms with E-state index in [1.807, 2.05) is 0 Å². The van der Waals surface area contributed by atoms with E-state index < -0.39 is 0 Å². The van der Waals surface area contributed by atoms with Crippen molar-refractivity contribution >= 4 is 54.6 Å². The molecule has 1 aliphatic rings. The molecule has 0 saturated carbocycles. The van der Waals surface area contributed by atoms with Gasteiger partial charge in [0, 0.05) is 11.3 Å². The molecular formula is C43H30N2. The van der Waals surface area contributed by atoms with Crippen molar-refractivity contribution in [2.75, 3.05) is 0 Å². The third-order valence-electron chi connectivity index (χ3n) is 9.30. The second-order valence-electron chi connectivity index (χ2n) is 11.9. The molecule has 0 bridgehead atoms. The van der Waals surface area contributed by atoms with Crippen LogP contribution in [-0.2, 0) is 0 Å². The molecule has 2 nitrogen and oxygen atoms in total. The number of aromatic nitrogens is 2. The molecule has 2 heteroatoms. The zero-order valence-electron chi connectivity index (χ0n) is 24.8. The molecular weight excluding hydrogens is 544 g/mol. The summed E-state index contributed by atoms with van der Waals surface area (Å²) >= 11 is 0. The van der Waals surface area contributed by atoms with Crippen LogP contribution in [0.4, 0.5) is 0 Å². The summed E-state index contributed by atoms with van der Waals surface area (Å²) in [5.41, 5.74) is 9.86. The van der Waals surface area contributed by atoms with Gasteiger partial charge in [0.05, 0.1) is 11.0 Å². The Morgan fingerprint density at radius 3 is 1.80 bits per heavy atom. The summed E-state index contributed by atoms with van der Waals surface area (Å²) in [5.74, 6) is 0.996. The van der Waals surface area contributed by atoms with Gasteiger partial charge in [-0.05, 0) is 91.7 Å². The SMILES string of the molecule is C1=C(c2c3ccccc3c(-c3ccc4ccccc4c3)c3ccccc23)CCC(n2c(-c3ccccc3)nc3ccccc32)=C1. The zero-order chi connectivity index (χ0) is 29.7. The van der Waals surface area contributed by atoms with Crippen molar-refractivity contribution < 1.29 is 0 Å². The highest BCUT2D eigenvalue weighted by molar-refractivity contribution is 6.19. The Morgan fingerprint density at radius 2 is 1.09 bits per heavy atom. The van der Waals surface area contributed by atoms with Gasteiger partial charge in [0.2, 0.25) is 0 Å². The Labute approximate surface area is 262 Å². The van der Waals surface area contributed by atoms with Crippen LogP contribution in [0.3, 0.4) is 0 Å². The van der Waals surface area contributed by atoms with E-state index in [-0.39, 0.29) is 0 Å². The number of fused-ring (bicyclic) bond motifs is 4. The van der Waals surface area contributed by atoms with Crippen LogP contribution in [-0.4, -0.2) is 9.55 Å². The van der Waals surface area contributed by atoms with Crippen molar-refractivity contribution in [1.29, 1.82) is 0 Å². The fourth-order valence-corrected chi connectivity index (χ4v) is 7.25. The maximum Gasteiger partial charge on any atom is 0.145 e. The first-order valence-corrected chi connectivity index (χ1v) is 15.7. The minimum absolute atomic E-state index is 0.932. The first kappa shape index (κ1) is 25.7. The molecule has 1 heterocycles. The molecule has 45 heavy (non-hydrogen) atoms. The summed E-state index contributed by atoms with van der Waals surface area (Å²) in [6.07, 6.45) is 6.56. The van der Waals surface area contributed by atoms with Gasteiger partial charge in [-0.15, -0.1) is 0 Å². The monoisotopic (exact) mass is 574 g/mol. The van der Waals surface area contributed by atoms with E-state index in [1.54, 1.807) is 0 Å². The van der Waals surface area contributed by atoms with Crippen LogP contribution < -0.4 is 0 Å². The largest absolute Gasteiger partial charge is 0.296 e. The number of hydrogen-bond donors (Lipinski definition) is 0. The minimum Gasteiger partial charge on any atom is -0.296 e. The van der Waals surface area contributed by atoms with E-state index in [0.29, 0.717) is 0 Å². The third kappa shape index (κ3) is 4.22. The summed E-state index contributed by atoms with van der Waals surface area (Å²) < 4.78 is 2.36. The van der Waals surface area contributed by atoms with E-state index in [1.165, 1.54) is 60.3 Å². The summed E-state index contributed by atoms with van der Waals surface area (Å²) in [5, 5.41) is 7.73. The lowest BCUT2D eigenvalue weighted by Crippen LogP contribution is -2.04. The van der Waals surface area contributed by atoms with Crippen molar-refractivity contribution in [2.24, 2.45) is 0 Å². The Kier molecular flexibility index (Phi) is 5.99. The fourth-order valence-electron chi connectivity index (χ4n) is 7.25. The van der Waals surface area contributed by atoms with Crippen molar-refractivity contribution in [1.82, 2.24) is 9.55 Å². The van der Waals surface area contributed by atoms with Gasteiger partial charge in [0.25, 0.3) is 0 Å². The maximum atomic E-state index is 5.08. The molecule has 9 rings (SSSR count). The van der Waals surface area contributed by atoms with Crippen LogP contribution in [0.2, 0.25) is 0 Å². The van der Waals surface area contributed by atoms with Crippen molar-refractivity contribution in [3.05, 3.63) is 163 Å². The fraction of sp³-hybridized carbons (Fsp3) is 0.0465. The molecule has 0 unspecified atom stereocenters.